The van der Waals surface area contributed by atoms with E-state index in [4.69, 9.17) is 0 Å². The van der Waals surface area contributed by atoms with Crippen LogP contribution < -0.4 is 5.32 Å². The Morgan fingerprint density at radius 1 is 1.07 bits per heavy atom. The number of benzene rings is 2. The van der Waals surface area contributed by atoms with E-state index in [1.54, 1.807) is 12.1 Å². The molecule has 0 unspecified atom stereocenters. The highest BCUT2D eigenvalue weighted by atomic mass is 19.1. The van der Waals surface area contributed by atoms with Gasteiger partial charge in [0.1, 0.15) is 5.82 Å². The van der Waals surface area contributed by atoms with E-state index >= 15 is 0 Å². The highest BCUT2D eigenvalue weighted by Crippen LogP contribution is 2.23. The van der Waals surface area contributed by atoms with Crippen molar-refractivity contribution in [2.24, 2.45) is 16.1 Å². The number of likely N-dealkylation sites (tertiary alicyclic amines) is 1. The maximum Gasteiger partial charge on any atom is 0.223 e. The highest BCUT2D eigenvalue weighted by molar-refractivity contribution is 5.79. The quantitative estimate of drug-likeness (QED) is 0.691. The minimum absolute atomic E-state index is 0.0984. The van der Waals surface area contributed by atoms with Gasteiger partial charge in [0, 0.05) is 18.0 Å². The molecule has 1 N–H and O–H groups in total. The lowest BCUT2D eigenvalue weighted by atomic mass is 9.94. The minimum Gasteiger partial charge on any atom is -0.351 e. The summed E-state index contributed by atoms with van der Waals surface area (Å²) >= 11 is 0. The standard InChI is InChI=1S/C23H29FN4O/c1-23(2,3)25-22(29)18-11-13-28(14-12-18)16-17-5-4-6-21(15-17)27-26-20-9-7-19(24)8-10-20/h4-10,15,18H,11-14,16H2,1-3H3,(H,25,29). The van der Waals surface area contributed by atoms with Crippen LogP contribution in [0, 0.1) is 11.7 Å². The molecular weight excluding hydrogens is 367 g/mol. The summed E-state index contributed by atoms with van der Waals surface area (Å²) in [7, 11) is 0. The van der Waals surface area contributed by atoms with Gasteiger partial charge in [0.2, 0.25) is 5.91 Å². The molecule has 1 aliphatic rings. The third kappa shape index (κ3) is 6.75. The van der Waals surface area contributed by atoms with Crippen molar-refractivity contribution in [1.82, 2.24) is 10.2 Å². The van der Waals surface area contributed by atoms with E-state index in [1.807, 2.05) is 39.0 Å². The van der Waals surface area contributed by atoms with Crippen LogP contribution in [0.1, 0.15) is 39.2 Å². The maximum atomic E-state index is 13.0. The molecule has 0 aromatic heterocycles. The van der Waals surface area contributed by atoms with Crippen LogP contribution in [0.15, 0.2) is 58.8 Å². The fourth-order valence-corrected chi connectivity index (χ4v) is 3.42. The van der Waals surface area contributed by atoms with Crippen LogP contribution in [-0.4, -0.2) is 29.4 Å². The van der Waals surface area contributed by atoms with Gasteiger partial charge in [-0.1, -0.05) is 12.1 Å². The van der Waals surface area contributed by atoms with Gasteiger partial charge in [0.25, 0.3) is 0 Å². The monoisotopic (exact) mass is 396 g/mol. The number of hydrogen-bond donors (Lipinski definition) is 1. The van der Waals surface area contributed by atoms with Crippen molar-refractivity contribution in [3.8, 4) is 0 Å². The number of carbonyl (C=O) groups is 1. The average Bonchev–Trinajstić information content (AvgIpc) is 2.67. The zero-order valence-corrected chi connectivity index (χ0v) is 17.4. The summed E-state index contributed by atoms with van der Waals surface area (Å²) in [5.74, 6) is -0.0210. The molecular formula is C23H29FN4O. The number of halogens is 1. The molecule has 1 fully saturated rings. The number of hydrogen-bond acceptors (Lipinski definition) is 4. The molecule has 5 nitrogen and oxygen atoms in total. The lowest BCUT2D eigenvalue weighted by Gasteiger charge is -2.33. The first-order valence-corrected chi connectivity index (χ1v) is 10.1. The van der Waals surface area contributed by atoms with Gasteiger partial charge in [0.15, 0.2) is 0 Å². The first-order valence-electron chi connectivity index (χ1n) is 10.1. The van der Waals surface area contributed by atoms with E-state index in [0.29, 0.717) is 5.69 Å². The molecule has 2 aromatic rings. The smallest absolute Gasteiger partial charge is 0.223 e. The average molecular weight is 397 g/mol. The molecule has 0 saturated carbocycles. The predicted octanol–water partition coefficient (Wildman–Crippen LogP) is 5.37. The zero-order chi connectivity index (χ0) is 20.9. The lowest BCUT2D eigenvalue weighted by Crippen LogP contribution is -2.46. The Morgan fingerprint density at radius 3 is 2.38 bits per heavy atom. The van der Waals surface area contributed by atoms with Crippen LogP contribution in [-0.2, 0) is 11.3 Å². The minimum atomic E-state index is -0.286. The third-order valence-electron chi connectivity index (χ3n) is 4.88. The summed E-state index contributed by atoms with van der Waals surface area (Å²) in [6.07, 6.45) is 1.76. The van der Waals surface area contributed by atoms with Crippen molar-refractivity contribution in [3.63, 3.8) is 0 Å². The first-order chi connectivity index (χ1) is 13.8. The summed E-state index contributed by atoms with van der Waals surface area (Å²) in [5.41, 5.74) is 2.37. The maximum absolute atomic E-state index is 13.0. The molecule has 0 bridgehead atoms. The van der Waals surface area contributed by atoms with Gasteiger partial charge in [0.05, 0.1) is 11.4 Å². The Kier molecular flexibility index (Phi) is 6.75. The molecule has 1 amide bonds. The Labute approximate surface area is 172 Å². The van der Waals surface area contributed by atoms with E-state index in [9.17, 15) is 9.18 Å². The van der Waals surface area contributed by atoms with Crippen LogP contribution in [0.4, 0.5) is 15.8 Å². The molecule has 3 rings (SSSR count). The zero-order valence-electron chi connectivity index (χ0n) is 17.4. The Balaban J connectivity index is 1.53. The van der Waals surface area contributed by atoms with Crippen molar-refractivity contribution >= 4 is 17.3 Å². The number of carbonyl (C=O) groups excluding carboxylic acids is 1. The molecule has 0 aliphatic carbocycles. The van der Waals surface area contributed by atoms with E-state index in [0.717, 1.165) is 43.7 Å². The summed E-state index contributed by atoms with van der Waals surface area (Å²) < 4.78 is 13.0. The van der Waals surface area contributed by atoms with Crippen molar-refractivity contribution in [2.45, 2.75) is 45.7 Å². The van der Waals surface area contributed by atoms with Gasteiger partial charge in [-0.2, -0.15) is 10.2 Å². The third-order valence-corrected chi connectivity index (χ3v) is 4.88. The number of azo groups is 1. The van der Waals surface area contributed by atoms with Gasteiger partial charge in [-0.15, -0.1) is 0 Å². The van der Waals surface area contributed by atoms with Crippen LogP contribution >= 0.6 is 0 Å². The predicted molar refractivity (Wildman–Crippen MR) is 113 cm³/mol. The number of nitrogens with zero attached hydrogens (tertiary/aromatic N) is 3. The van der Waals surface area contributed by atoms with Crippen molar-refractivity contribution in [1.29, 1.82) is 0 Å². The molecule has 0 spiro atoms. The molecule has 0 radical (unpaired) electrons. The van der Waals surface area contributed by atoms with Crippen LogP contribution in [0.5, 0.6) is 0 Å². The summed E-state index contributed by atoms with van der Waals surface area (Å²) in [4.78, 5) is 14.7. The normalized spacial score (nSPS) is 16.3. The summed E-state index contributed by atoms with van der Waals surface area (Å²) in [6, 6.07) is 13.9. The van der Waals surface area contributed by atoms with Gasteiger partial charge < -0.3 is 5.32 Å². The van der Waals surface area contributed by atoms with Gasteiger partial charge in [-0.05, 0) is 88.7 Å². The largest absolute Gasteiger partial charge is 0.351 e. The van der Waals surface area contributed by atoms with Crippen LogP contribution in [0.2, 0.25) is 0 Å². The SMILES string of the molecule is CC(C)(C)NC(=O)C1CCN(Cc2cccc(N=Nc3ccc(F)cc3)c2)CC1. The number of amides is 1. The molecule has 1 aliphatic heterocycles. The van der Waals surface area contributed by atoms with Crippen molar-refractivity contribution < 1.29 is 9.18 Å². The Hall–Kier alpha value is -2.60. The highest BCUT2D eigenvalue weighted by Gasteiger charge is 2.27. The second kappa shape index (κ2) is 9.27. The lowest BCUT2D eigenvalue weighted by molar-refractivity contribution is -0.127. The molecule has 6 heteroatoms. The second-order valence-electron chi connectivity index (χ2n) is 8.64. The number of nitrogens with one attached hydrogen (secondary N) is 1. The van der Waals surface area contributed by atoms with Gasteiger partial charge in [-0.25, -0.2) is 4.39 Å². The Morgan fingerprint density at radius 2 is 1.72 bits per heavy atom. The van der Waals surface area contributed by atoms with Crippen LogP contribution in [0.3, 0.4) is 0 Å². The molecule has 154 valence electrons. The molecule has 1 heterocycles. The topological polar surface area (TPSA) is 57.1 Å². The second-order valence-corrected chi connectivity index (χ2v) is 8.64. The van der Waals surface area contributed by atoms with Crippen LogP contribution in [0.25, 0.3) is 0 Å². The molecule has 29 heavy (non-hydrogen) atoms. The summed E-state index contributed by atoms with van der Waals surface area (Å²) in [5, 5.41) is 11.5. The van der Waals surface area contributed by atoms with Gasteiger partial charge in [-0.3, -0.25) is 9.69 Å². The van der Waals surface area contributed by atoms with E-state index in [-0.39, 0.29) is 23.2 Å². The number of rotatable bonds is 5. The van der Waals surface area contributed by atoms with Crippen molar-refractivity contribution in [2.75, 3.05) is 13.1 Å². The molecule has 0 atom stereocenters. The van der Waals surface area contributed by atoms with E-state index < -0.39 is 0 Å². The fraction of sp³-hybridized carbons (Fsp3) is 0.435. The molecule has 1 saturated heterocycles. The van der Waals surface area contributed by atoms with Crippen molar-refractivity contribution in [3.05, 3.63) is 59.9 Å². The summed E-state index contributed by atoms with van der Waals surface area (Å²) in [6.45, 7) is 8.68. The van der Waals surface area contributed by atoms with E-state index in [1.165, 1.54) is 12.1 Å². The first kappa shape index (κ1) is 21.1. The number of piperidine rings is 1. The molecule has 2 aromatic carbocycles. The fourth-order valence-electron chi connectivity index (χ4n) is 3.42. The van der Waals surface area contributed by atoms with Gasteiger partial charge >= 0.3 is 0 Å². The van der Waals surface area contributed by atoms with E-state index in [2.05, 4.69) is 26.5 Å². The Bertz CT molecular complexity index is 850.